The molecule has 3 amide bonds. The van der Waals surface area contributed by atoms with Crippen LogP contribution in [0.2, 0.25) is 0 Å². The van der Waals surface area contributed by atoms with Gasteiger partial charge in [-0.1, -0.05) is 0 Å². The molecule has 100 valence electrons. The third-order valence-corrected chi connectivity index (χ3v) is 1.82. The minimum atomic E-state index is -1.28. The summed E-state index contributed by atoms with van der Waals surface area (Å²) in [5.41, 5.74) is 0.355. The molecule has 1 rings (SSSR count). The summed E-state index contributed by atoms with van der Waals surface area (Å²) in [6.45, 7) is 0. The molecule has 0 aliphatic carbocycles. The molecule has 0 aromatic carbocycles. The van der Waals surface area contributed by atoms with Crippen LogP contribution in [0.15, 0.2) is 30.5 Å². The second-order valence-electron chi connectivity index (χ2n) is 3.20. The quantitative estimate of drug-likeness (QED) is 0.677. The Morgan fingerprint density at radius 1 is 1.32 bits per heavy atom. The van der Waals surface area contributed by atoms with Crippen molar-refractivity contribution in [3.05, 3.63) is 30.5 Å². The van der Waals surface area contributed by atoms with Crippen molar-refractivity contribution in [1.29, 1.82) is 0 Å². The highest BCUT2D eigenvalue weighted by Crippen LogP contribution is 2.10. The monoisotopic (exact) mass is 265 g/mol. The van der Waals surface area contributed by atoms with Crippen LogP contribution in [0, 0.1) is 0 Å². The molecule has 19 heavy (non-hydrogen) atoms. The number of pyridine rings is 1. The maximum Gasteiger partial charge on any atom is 0.328 e. The second-order valence-corrected chi connectivity index (χ2v) is 3.20. The molecule has 8 heteroatoms. The standard InChI is InChI=1S/C11H11N3O5/c1-19-9-4-2-7(6-12-9)13-11(18)14-8(15)3-5-10(16)17/h2-6H,1H3,(H,16,17)(H2,13,14,15,18)/b5-3+. The summed E-state index contributed by atoms with van der Waals surface area (Å²) in [7, 11) is 1.45. The van der Waals surface area contributed by atoms with Gasteiger partial charge in [0.1, 0.15) is 0 Å². The van der Waals surface area contributed by atoms with E-state index in [1.807, 2.05) is 5.32 Å². The molecule has 1 aromatic heterocycles. The van der Waals surface area contributed by atoms with Crippen molar-refractivity contribution in [2.24, 2.45) is 0 Å². The number of ether oxygens (including phenoxy) is 1. The van der Waals surface area contributed by atoms with Gasteiger partial charge in [-0.3, -0.25) is 10.1 Å². The van der Waals surface area contributed by atoms with Crippen LogP contribution in [-0.4, -0.2) is 35.1 Å². The van der Waals surface area contributed by atoms with Crippen LogP contribution in [-0.2, 0) is 9.59 Å². The Bertz CT molecular complexity index is 510. The molecule has 0 fully saturated rings. The molecule has 0 aliphatic rings. The molecule has 0 spiro atoms. The first-order valence-electron chi connectivity index (χ1n) is 5.04. The van der Waals surface area contributed by atoms with Gasteiger partial charge in [0.05, 0.1) is 19.0 Å². The summed E-state index contributed by atoms with van der Waals surface area (Å²) < 4.78 is 4.83. The average Bonchev–Trinajstić information content (AvgIpc) is 2.37. The number of nitrogens with zero attached hydrogens (tertiary/aromatic N) is 1. The zero-order valence-corrected chi connectivity index (χ0v) is 9.91. The van der Waals surface area contributed by atoms with E-state index in [4.69, 9.17) is 9.84 Å². The molecule has 0 atom stereocenters. The molecule has 8 nitrogen and oxygen atoms in total. The van der Waals surface area contributed by atoms with E-state index in [-0.39, 0.29) is 0 Å². The number of imide groups is 1. The molecule has 1 heterocycles. The fourth-order valence-electron chi connectivity index (χ4n) is 1.04. The van der Waals surface area contributed by atoms with Gasteiger partial charge in [0.25, 0.3) is 5.91 Å². The lowest BCUT2D eigenvalue weighted by Crippen LogP contribution is -2.33. The number of carboxylic acid groups (broad SMARTS) is 1. The number of hydrogen-bond acceptors (Lipinski definition) is 5. The lowest BCUT2D eigenvalue weighted by molar-refractivity contribution is -0.131. The zero-order valence-electron chi connectivity index (χ0n) is 9.91. The lowest BCUT2D eigenvalue weighted by Gasteiger charge is -2.05. The molecule has 0 aliphatic heterocycles. The number of carboxylic acids is 1. The maximum absolute atomic E-state index is 11.3. The van der Waals surface area contributed by atoms with Crippen molar-refractivity contribution in [2.45, 2.75) is 0 Å². The number of nitrogens with one attached hydrogen (secondary N) is 2. The molecule has 3 N–H and O–H groups in total. The van der Waals surface area contributed by atoms with E-state index in [0.717, 1.165) is 6.08 Å². The van der Waals surface area contributed by atoms with E-state index >= 15 is 0 Å². The fourth-order valence-corrected chi connectivity index (χ4v) is 1.04. The van der Waals surface area contributed by atoms with Crippen LogP contribution in [0.5, 0.6) is 5.88 Å². The van der Waals surface area contributed by atoms with E-state index in [9.17, 15) is 14.4 Å². The number of hydrogen-bond donors (Lipinski definition) is 3. The first-order chi connectivity index (χ1) is 9.01. The Kier molecular flexibility index (Phi) is 5.03. The van der Waals surface area contributed by atoms with Crippen LogP contribution in [0.3, 0.4) is 0 Å². The number of rotatable bonds is 4. The van der Waals surface area contributed by atoms with Crippen molar-refractivity contribution < 1.29 is 24.2 Å². The van der Waals surface area contributed by atoms with Crippen LogP contribution < -0.4 is 15.4 Å². The van der Waals surface area contributed by atoms with Gasteiger partial charge in [-0.25, -0.2) is 14.6 Å². The highest BCUT2D eigenvalue weighted by Gasteiger charge is 2.06. The van der Waals surface area contributed by atoms with Gasteiger partial charge in [0.15, 0.2) is 0 Å². The third kappa shape index (κ3) is 5.31. The molecule has 0 saturated heterocycles. The van der Waals surface area contributed by atoms with Crippen molar-refractivity contribution in [1.82, 2.24) is 10.3 Å². The predicted molar refractivity (Wildman–Crippen MR) is 64.7 cm³/mol. The number of carbonyl (C=O) groups excluding carboxylic acids is 2. The Morgan fingerprint density at radius 3 is 2.58 bits per heavy atom. The fraction of sp³-hybridized carbons (Fsp3) is 0.0909. The van der Waals surface area contributed by atoms with Gasteiger partial charge in [-0.05, 0) is 6.07 Å². The Hall–Kier alpha value is -2.90. The first-order valence-corrected chi connectivity index (χ1v) is 5.04. The van der Waals surface area contributed by atoms with E-state index < -0.39 is 17.9 Å². The summed E-state index contributed by atoms with van der Waals surface area (Å²) >= 11 is 0. The number of aromatic nitrogens is 1. The topological polar surface area (TPSA) is 118 Å². The molecule has 1 aromatic rings. The minimum Gasteiger partial charge on any atom is -0.481 e. The van der Waals surface area contributed by atoms with Gasteiger partial charge in [-0.15, -0.1) is 0 Å². The number of urea groups is 1. The number of aliphatic carboxylic acids is 1. The van der Waals surface area contributed by atoms with Crippen LogP contribution in [0.25, 0.3) is 0 Å². The van der Waals surface area contributed by atoms with Gasteiger partial charge in [-0.2, -0.15) is 0 Å². The zero-order chi connectivity index (χ0) is 14.3. The molecule has 0 saturated carbocycles. The van der Waals surface area contributed by atoms with Gasteiger partial charge >= 0.3 is 12.0 Å². The van der Waals surface area contributed by atoms with E-state index in [1.54, 1.807) is 0 Å². The smallest absolute Gasteiger partial charge is 0.328 e. The summed E-state index contributed by atoms with van der Waals surface area (Å²) in [5.74, 6) is -1.75. The first kappa shape index (κ1) is 14.2. The highest BCUT2D eigenvalue weighted by atomic mass is 16.5. The third-order valence-electron chi connectivity index (χ3n) is 1.82. The molecule has 0 radical (unpaired) electrons. The van der Waals surface area contributed by atoms with E-state index in [1.165, 1.54) is 25.4 Å². The second kappa shape index (κ2) is 6.74. The summed E-state index contributed by atoms with van der Waals surface area (Å²) in [5, 5.41) is 12.5. The Morgan fingerprint density at radius 2 is 2.05 bits per heavy atom. The van der Waals surface area contributed by atoms with Crippen molar-refractivity contribution >= 4 is 23.6 Å². The molecule has 0 bridgehead atoms. The summed E-state index contributed by atoms with van der Waals surface area (Å²) in [6.07, 6.45) is 2.70. The lowest BCUT2D eigenvalue weighted by atomic mass is 10.4. The minimum absolute atomic E-state index is 0.355. The van der Waals surface area contributed by atoms with E-state index in [0.29, 0.717) is 17.6 Å². The number of carbonyl (C=O) groups is 3. The SMILES string of the molecule is COc1ccc(NC(=O)NC(=O)/C=C/C(=O)O)cn1. The van der Waals surface area contributed by atoms with Crippen molar-refractivity contribution in [2.75, 3.05) is 12.4 Å². The van der Waals surface area contributed by atoms with E-state index in [2.05, 4.69) is 10.3 Å². The summed E-state index contributed by atoms with van der Waals surface area (Å²) in [6, 6.07) is 2.26. The van der Waals surface area contributed by atoms with Crippen LogP contribution >= 0.6 is 0 Å². The molecular formula is C11H11N3O5. The number of methoxy groups -OCH3 is 1. The van der Waals surface area contributed by atoms with Crippen LogP contribution in [0.4, 0.5) is 10.5 Å². The number of amides is 3. The summed E-state index contributed by atoms with van der Waals surface area (Å²) in [4.78, 5) is 36.4. The Labute approximate surface area is 108 Å². The van der Waals surface area contributed by atoms with Gasteiger partial charge in [0.2, 0.25) is 5.88 Å². The van der Waals surface area contributed by atoms with Crippen molar-refractivity contribution in [3.8, 4) is 5.88 Å². The van der Waals surface area contributed by atoms with Gasteiger partial charge < -0.3 is 15.2 Å². The molecular weight excluding hydrogens is 254 g/mol. The number of anilines is 1. The van der Waals surface area contributed by atoms with Crippen molar-refractivity contribution in [3.63, 3.8) is 0 Å². The maximum atomic E-state index is 11.3. The van der Waals surface area contributed by atoms with Crippen LogP contribution in [0.1, 0.15) is 0 Å². The normalized spacial score (nSPS) is 9.95. The largest absolute Gasteiger partial charge is 0.481 e. The highest BCUT2D eigenvalue weighted by molar-refractivity contribution is 6.06. The van der Waals surface area contributed by atoms with Gasteiger partial charge in [0, 0.05) is 18.2 Å². The Balaban J connectivity index is 2.50. The molecule has 0 unspecified atom stereocenters. The average molecular weight is 265 g/mol. The predicted octanol–water partition coefficient (Wildman–Crippen LogP) is 0.379.